The van der Waals surface area contributed by atoms with Gasteiger partial charge in [-0.05, 0) is 6.42 Å². The van der Waals surface area contributed by atoms with Gasteiger partial charge < -0.3 is 24.9 Å². The molecule has 0 spiro atoms. The van der Waals surface area contributed by atoms with Crippen LogP contribution in [0.5, 0.6) is 0 Å². The third kappa shape index (κ3) is 24.9. The quantitative estimate of drug-likeness (QED) is 0.0693. The van der Waals surface area contributed by atoms with Gasteiger partial charge in [0.25, 0.3) is 0 Å². The predicted octanol–water partition coefficient (Wildman–Crippen LogP) is 5.03. The van der Waals surface area contributed by atoms with Crippen molar-refractivity contribution in [3.63, 3.8) is 0 Å². The van der Waals surface area contributed by atoms with E-state index in [1.165, 1.54) is 83.5 Å². The van der Waals surface area contributed by atoms with Gasteiger partial charge >= 0.3 is 13.8 Å². The molecule has 3 atom stereocenters. The molecule has 0 rings (SSSR count). The van der Waals surface area contributed by atoms with Crippen LogP contribution in [-0.2, 0) is 23.1 Å². The van der Waals surface area contributed by atoms with Crippen molar-refractivity contribution in [1.82, 2.24) is 0 Å². The highest BCUT2D eigenvalue weighted by molar-refractivity contribution is 7.47. The van der Waals surface area contributed by atoms with Crippen molar-refractivity contribution < 1.29 is 43.4 Å². The van der Waals surface area contributed by atoms with Crippen LogP contribution < -0.4 is 0 Å². The lowest BCUT2D eigenvalue weighted by molar-refractivity contribution is -0.147. The van der Waals surface area contributed by atoms with Gasteiger partial charge in [-0.3, -0.25) is 13.8 Å². The molecule has 0 saturated heterocycles. The summed E-state index contributed by atoms with van der Waals surface area (Å²) >= 11 is 0. The maximum atomic E-state index is 11.8. The lowest BCUT2D eigenvalue weighted by Gasteiger charge is -2.16. The fraction of sp³-hybridized carbons (Fsp3) is 0.960. The Hall–Kier alpha value is -0.540. The molecule has 1 unspecified atom stereocenters. The number of ether oxygens (including phenoxy) is 1. The van der Waals surface area contributed by atoms with Crippen LogP contribution in [0.2, 0.25) is 0 Å². The molecule has 0 amide bonds. The summed E-state index contributed by atoms with van der Waals surface area (Å²) in [5.74, 6) is -0.427. The smallest absolute Gasteiger partial charge is 0.463 e. The predicted molar refractivity (Wildman–Crippen MR) is 136 cm³/mol. The Morgan fingerprint density at radius 1 is 0.686 bits per heavy atom. The molecule has 4 N–H and O–H groups in total. The lowest BCUT2D eigenvalue weighted by Crippen LogP contribution is -2.24. The van der Waals surface area contributed by atoms with E-state index in [1.807, 2.05) is 0 Å². The molecule has 0 bridgehead atoms. The highest BCUT2D eigenvalue weighted by Crippen LogP contribution is 2.43. The number of phosphoric acid groups is 1. The van der Waals surface area contributed by atoms with Crippen molar-refractivity contribution in [3.8, 4) is 0 Å². The van der Waals surface area contributed by atoms with Gasteiger partial charge in [-0.25, -0.2) is 4.57 Å². The molecule has 0 radical (unpaired) electrons. The molecule has 0 aromatic carbocycles. The molecule has 0 saturated carbocycles. The van der Waals surface area contributed by atoms with Crippen LogP contribution >= 0.6 is 7.82 Å². The average molecular weight is 527 g/mol. The fourth-order valence-corrected chi connectivity index (χ4v) is 4.37. The molecule has 10 heteroatoms. The summed E-state index contributed by atoms with van der Waals surface area (Å²) in [7, 11) is -4.48. The Labute approximate surface area is 212 Å². The number of unbranched alkanes of at least 4 members (excludes halogenated alkanes) is 15. The van der Waals surface area contributed by atoms with Crippen molar-refractivity contribution in [1.29, 1.82) is 0 Å². The minimum absolute atomic E-state index is 0.271. The van der Waals surface area contributed by atoms with Crippen molar-refractivity contribution >= 4 is 13.8 Å². The Balaban J connectivity index is 3.47. The summed E-state index contributed by atoms with van der Waals surface area (Å²) in [6, 6.07) is 0. The van der Waals surface area contributed by atoms with Gasteiger partial charge in [-0.1, -0.05) is 103 Å². The van der Waals surface area contributed by atoms with Crippen LogP contribution in [0.3, 0.4) is 0 Å². The van der Waals surface area contributed by atoms with Crippen LogP contribution in [0, 0.1) is 0 Å². The maximum Gasteiger partial charge on any atom is 0.472 e. The van der Waals surface area contributed by atoms with Gasteiger partial charge in [0.1, 0.15) is 18.8 Å². The summed E-state index contributed by atoms with van der Waals surface area (Å²) in [4.78, 5) is 21.1. The first-order valence-corrected chi connectivity index (χ1v) is 15.0. The standard InChI is InChI=1S/C25H51O9P/c1-2-3-4-5-6-7-8-9-10-11-12-13-14-15-16-17-18-25(29)32-20-24(28)22-34-35(30,31)33-21-23(27)19-26/h23-24,26-28H,2-22H2,1H3,(H,30,31)/t23-,24+/m0/s1. The third-order valence-corrected chi connectivity index (χ3v) is 6.69. The summed E-state index contributed by atoms with van der Waals surface area (Å²) in [5.41, 5.74) is 0. The van der Waals surface area contributed by atoms with E-state index in [-0.39, 0.29) is 13.0 Å². The zero-order chi connectivity index (χ0) is 26.2. The Bertz CT molecular complexity index is 533. The molecule has 35 heavy (non-hydrogen) atoms. The highest BCUT2D eigenvalue weighted by Gasteiger charge is 2.24. The van der Waals surface area contributed by atoms with Crippen LogP contribution in [0.1, 0.15) is 116 Å². The Kier molecular flexibility index (Phi) is 23.5. The van der Waals surface area contributed by atoms with Gasteiger partial charge in [0, 0.05) is 6.42 Å². The molecule has 0 aliphatic rings. The zero-order valence-corrected chi connectivity index (χ0v) is 22.7. The number of phosphoric ester groups is 1. The van der Waals surface area contributed by atoms with Gasteiger partial charge in [-0.15, -0.1) is 0 Å². The molecule has 0 fully saturated rings. The number of hydrogen-bond acceptors (Lipinski definition) is 8. The van der Waals surface area contributed by atoms with Crippen LogP contribution in [0.25, 0.3) is 0 Å². The van der Waals surface area contributed by atoms with Gasteiger partial charge in [-0.2, -0.15) is 0 Å². The van der Waals surface area contributed by atoms with E-state index in [9.17, 15) is 19.4 Å². The molecule has 0 heterocycles. The van der Waals surface area contributed by atoms with E-state index in [4.69, 9.17) is 14.9 Å². The molecular weight excluding hydrogens is 475 g/mol. The highest BCUT2D eigenvalue weighted by atomic mass is 31.2. The molecule has 0 aromatic heterocycles. The minimum Gasteiger partial charge on any atom is -0.463 e. The number of aliphatic hydroxyl groups excluding tert-OH is 3. The van der Waals surface area contributed by atoms with Gasteiger partial charge in [0.2, 0.25) is 0 Å². The van der Waals surface area contributed by atoms with Crippen molar-refractivity contribution in [2.24, 2.45) is 0 Å². The van der Waals surface area contributed by atoms with Crippen LogP contribution in [0.4, 0.5) is 0 Å². The first-order chi connectivity index (χ1) is 16.8. The SMILES string of the molecule is CCCCCCCCCCCCCCCCCCC(=O)OC[C@@H](O)COP(=O)(O)OC[C@@H](O)CO. The average Bonchev–Trinajstić information content (AvgIpc) is 2.84. The summed E-state index contributed by atoms with van der Waals surface area (Å²) in [6.45, 7) is 0.113. The van der Waals surface area contributed by atoms with E-state index in [1.54, 1.807) is 0 Å². The lowest BCUT2D eigenvalue weighted by atomic mass is 10.0. The van der Waals surface area contributed by atoms with E-state index in [0.29, 0.717) is 0 Å². The largest absolute Gasteiger partial charge is 0.472 e. The second-order valence-corrected chi connectivity index (χ2v) is 10.7. The van der Waals surface area contributed by atoms with E-state index in [0.717, 1.165) is 19.3 Å². The molecule has 0 aliphatic carbocycles. The first-order valence-electron chi connectivity index (χ1n) is 13.5. The summed E-state index contributed by atoms with van der Waals surface area (Å²) < 4.78 is 25.5. The monoisotopic (exact) mass is 526 g/mol. The number of hydrogen-bond donors (Lipinski definition) is 4. The maximum absolute atomic E-state index is 11.8. The summed E-state index contributed by atoms with van der Waals surface area (Å²) in [5, 5.41) is 27.4. The van der Waals surface area contributed by atoms with E-state index in [2.05, 4.69) is 16.0 Å². The van der Waals surface area contributed by atoms with Gasteiger partial charge in [0.15, 0.2) is 0 Å². The van der Waals surface area contributed by atoms with Crippen LogP contribution in [0.15, 0.2) is 0 Å². The number of aliphatic hydroxyl groups is 3. The number of carbonyl (C=O) groups excluding carboxylic acids is 1. The molecule has 0 aliphatic heterocycles. The first kappa shape index (κ1) is 34.5. The fourth-order valence-electron chi connectivity index (χ4n) is 3.58. The number of carbonyl (C=O) groups is 1. The second-order valence-electron chi connectivity index (χ2n) is 9.29. The normalized spacial score (nSPS) is 15.0. The minimum atomic E-state index is -4.48. The zero-order valence-electron chi connectivity index (χ0n) is 21.8. The van der Waals surface area contributed by atoms with E-state index >= 15 is 0 Å². The van der Waals surface area contributed by atoms with Crippen molar-refractivity contribution in [2.75, 3.05) is 26.4 Å². The summed E-state index contributed by atoms with van der Waals surface area (Å²) in [6.07, 6.45) is 17.8. The number of esters is 1. The molecule has 210 valence electrons. The van der Waals surface area contributed by atoms with Crippen molar-refractivity contribution in [3.05, 3.63) is 0 Å². The molecular formula is C25H51O9P. The number of rotatable bonds is 26. The van der Waals surface area contributed by atoms with E-state index < -0.39 is 45.8 Å². The topological polar surface area (TPSA) is 143 Å². The van der Waals surface area contributed by atoms with Crippen molar-refractivity contribution in [2.45, 2.75) is 128 Å². The second kappa shape index (κ2) is 23.8. The molecule has 9 nitrogen and oxygen atoms in total. The Morgan fingerprint density at radius 2 is 1.09 bits per heavy atom. The molecule has 0 aromatic rings. The van der Waals surface area contributed by atoms with Gasteiger partial charge in [0.05, 0.1) is 19.8 Å². The van der Waals surface area contributed by atoms with Crippen LogP contribution in [-0.4, -0.2) is 64.8 Å². The Morgan fingerprint density at radius 3 is 1.51 bits per heavy atom. The third-order valence-electron chi connectivity index (χ3n) is 5.74.